The second-order valence-electron chi connectivity index (χ2n) is 9.36. The molecule has 0 aromatic rings. The fourth-order valence-corrected chi connectivity index (χ4v) is 6.22. The van der Waals surface area contributed by atoms with Gasteiger partial charge in [0.15, 0.2) is 0 Å². The van der Waals surface area contributed by atoms with Crippen molar-refractivity contribution < 1.29 is 48.4 Å². The van der Waals surface area contributed by atoms with Crippen LogP contribution in [0, 0.1) is 23.2 Å². The molecule has 3 fully saturated rings. The average molecular weight is 596 g/mol. The van der Waals surface area contributed by atoms with Crippen molar-refractivity contribution in [3.05, 3.63) is 11.6 Å². The maximum atomic E-state index is 12.0. The Balaban J connectivity index is 0.000000757. The van der Waals surface area contributed by atoms with E-state index in [1.807, 2.05) is 6.08 Å². The summed E-state index contributed by atoms with van der Waals surface area (Å²) in [6.45, 7) is 8.23. The van der Waals surface area contributed by atoms with Gasteiger partial charge in [0, 0.05) is 12.3 Å². The molecule has 4 rings (SSSR count). The third kappa shape index (κ3) is 4.88. The minimum Gasteiger partial charge on any atom is -0.542 e. The van der Waals surface area contributed by atoms with Gasteiger partial charge in [0.05, 0.1) is 23.9 Å². The van der Waals surface area contributed by atoms with Crippen molar-refractivity contribution in [1.82, 2.24) is 0 Å². The van der Waals surface area contributed by atoms with Gasteiger partial charge < -0.3 is 19.0 Å². The van der Waals surface area contributed by atoms with Gasteiger partial charge in [-0.2, -0.15) is 6.92 Å². The molecule has 7 heteroatoms. The van der Waals surface area contributed by atoms with Crippen molar-refractivity contribution in [1.29, 1.82) is 0 Å². The second kappa shape index (κ2) is 10.0. The van der Waals surface area contributed by atoms with E-state index in [1.165, 1.54) is 33.0 Å². The molecule has 1 saturated heterocycles. The Morgan fingerprint density at radius 3 is 2.57 bits per heavy atom. The summed E-state index contributed by atoms with van der Waals surface area (Å²) in [4.78, 5) is 32.0. The smallest absolute Gasteiger partial charge is 0.542 e. The fourth-order valence-electron chi connectivity index (χ4n) is 6.22. The molecule has 2 saturated carbocycles. The summed E-state index contributed by atoms with van der Waals surface area (Å²) in [5.74, 6) is 1.19. The molecule has 2 aliphatic carbocycles. The van der Waals surface area contributed by atoms with Crippen molar-refractivity contribution >= 4 is 18.2 Å². The summed E-state index contributed by atoms with van der Waals surface area (Å²) in [7, 11) is 0. The summed E-state index contributed by atoms with van der Waals surface area (Å²) >= 11 is 0. The summed E-state index contributed by atoms with van der Waals surface area (Å²) in [6.07, 6.45) is 9.77. The molecule has 0 spiro atoms. The Morgan fingerprint density at radius 1 is 1.27 bits per heavy atom. The van der Waals surface area contributed by atoms with E-state index in [9.17, 15) is 9.59 Å². The van der Waals surface area contributed by atoms with Gasteiger partial charge in [-0.05, 0) is 62.9 Å². The quantitative estimate of drug-likeness (QED) is 0.367. The van der Waals surface area contributed by atoms with E-state index in [2.05, 4.69) is 13.8 Å². The van der Waals surface area contributed by atoms with Gasteiger partial charge in [-0.3, -0.25) is 11.1 Å². The Labute approximate surface area is 192 Å². The first kappa shape index (κ1) is 25.2. The van der Waals surface area contributed by atoms with E-state index in [0.717, 1.165) is 31.3 Å². The number of esters is 2. The summed E-state index contributed by atoms with van der Waals surface area (Å²) in [5.41, 5.74) is 0.616. The van der Waals surface area contributed by atoms with E-state index in [4.69, 9.17) is 19.0 Å². The molecule has 0 N–H and O–H groups in total. The summed E-state index contributed by atoms with van der Waals surface area (Å²) in [5, 5.41) is 0. The zero-order valence-corrected chi connectivity index (χ0v) is 20.9. The third-order valence-electron chi connectivity index (χ3n) is 7.54. The largest absolute Gasteiger partial charge is 1.00 e. The molecular formula is C23H33O6Os. The molecule has 4 aliphatic rings. The van der Waals surface area contributed by atoms with Crippen LogP contribution in [0.3, 0.4) is 0 Å². The van der Waals surface area contributed by atoms with Crippen LogP contribution in [0.4, 0.5) is 0 Å². The molecule has 6 atom stereocenters. The number of ether oxygens (including phenoxy) is 3. The van der Waals surface area contributed by atoms with Gasteiger partial charge in [-0.1, -0.05) is 13.3 Å². The molecule has 0 bridgehead atoms. The van der Waals surface area contributed by atoms with Crippen LogP contribution in [-0.2, 0) is 48.4 Å². The third-order valence-corrected chi connectivity index (χ3v) is 7.54. The van der Waals surface area contributed by atoms with Crippen molar-refractivity contribution in [2.75, 3.05) is 13.2 Å². The minimum atomic E-state index is -0.211. The van der Waals surface area contributed by atoms with Crippen LogP contribution < -0.4 is 0 Å². The van der Waals surface area contributed by atoms with Crippen LogP contribution in [0.2, 0.25) is 0 Å². The zero-order chi connectivity index (χ0) is 21.2. The Morgan fingerprint density at radius 2 is 1.97 bits per heavy atom. The maximum absolute atomic E-state index is 12.0. The normalized spacial score (nSPS) is 39.2. The first-order chi connectivity index (χ1) is 13.7. The van der Waals surface area contributed by atoms with E-state index < -0.39 is 0 Å². The van der Waals surface area contributed by atoms with Crippen LogP contribution in [0.1, 0.15) is 66.2 Å². The molecule has 6 nitrogen and oxygen atoms in total. The van der Waals surface area contributed by atoms with Crippen molar-refractivity contribution in [2.45, 2.75) is 77.9 Å². The average Bonchev–Trinajstić information content (AvgIpc) is 3.24. The zero-order valence-electron chi connectivity index (χ0n) is 18.3. The van der Waals surface area contributed by atoms with E-state index in [0.29, 0.717) is 31.0 Å². The second-order valence-corrected chi connectivity index (χ2v) is 9.36. The molecule has 169 valence electrons. The SMILES string of the molecule is CC(=O)OC[C@]1(C)CCCC2C3CC(C4=CCOC4=O)OC3(C)CCC21.C[C-]=O.[Os+]. The molecule has 30 heavy (non-hydrogen) atoms. The monoisotopic (exact) mass is 597 g/mol. The maximum Gasteiger partial charge on any atom is 1.00 e. The van der Waals surface area contributed by atoms with Crippen molar-refractivity contribution in [2.24, 2.45) is 23.2 Å². The molecule has 5 unspecified atom stereocenters. The van der Waals surface area contributed by atoms with Gasteiger partial charge in [0.1, 0.15) is 6.61 Å². The van der Waals surface area contributed by atoms with Gasteiger partial charge in [0.2, 0.25) is 0 Å². The molecule has 0 aromatic heterocycles. The number of hydrogen-bond donors (Lipinski definition) is 0. The number of hydrogen-bond acceptors (Lipinski definition) is 6. The van der Waals surface area contributed by atoms with Crippen LogP contribution in [0.15, 0.2) is 11.6 Å². The molecule has 2 heterocycles. The van der Waals surface area contributed by atoms with Crippen LogP contribution in [0.5, 0.6) is 0 Å². The van der Waals surface area contributed by atoms with E-state index in [1.54, 1.807) is 0 Å². The van der Waals surface area contributed by atoms with Gasteiger partial charge >= 0.3 is 31.7 Å². The van der Waals surface area contributed by atoms with Crippen LogP contribution in [-0.4, -0.2) is 43.1 Å². The molecule has 2 aliphatic heterocycles. The molecule has 1 radical (unpaired) electrons. The topological polar surface area (TPSA) is 78.9 Å². The van der Waals surface area contributed by atoms with E-state index in [-0.39, 0.29) is 48.8 Å². The summed E-state index contributed by atoms with van der Waals surface area (Å²) < 4.78 is 17.0. The van der Waals surface area contributed by atoms with Gasteiger partial charge in [-0.15, -0.1) is 0 Å². The predicted molar refractivity (Wildman–Crippen MR) is 107 cm³/mol. The first-order valence-corrected chi connectivity index (χ1v) is 10.7. The Kier molecular flexibility index (Phi) is 8.44. The minimum absolute atomic E-state index is 0. The molecule has 0 amide bonds. The number of carbonyl (C=O) groups is 2. The number of cyclic esters (lactones) is 1. The van der Waals surface area contributed by atoms with Gasteiger partial charge in [-0.25, -0.2) is 4.79 Å². The van der Waals surface area contributed by atoms with Gasteiger partial charge in [0.25, 0.3) is 0 Å². The fraction of sp³-hybridized carbons (Fsp3) is 0.783. The van der Waals surface area contributed by atoms with Crippen LogP contribution in [0.25, 0.3) is 0 Å². The predicted octanol–water partition coefficient (Wildman–Crippen LogP) is 3.53. The number of fused-ring (bicyclic) bond motifs is 3. The first-order valence-electron chi connectivity index (χ1n) is 10.7. The van der Waals surface area contributed by atoms with Crippen molar-refractivity contribution in [3.63, 3.8) is 0 Å². The number of carbonyl (C=O) groups excluding carboxylic acids is 3. The molecular weight excluding hydrogens is 562 g/mol. The molecule has 0 aromatic carbocycles. The summed E-state index contributed by atoms with van der Waals surface area (Å²) in [6, 6.07) is 0. The standard InChI is InChI=1S/C21H30O5.C2H3O.Os/c1-13(22)25-12-20(2)8-4-5-14-16(20)6-9-21(3)17(14)11-18(26-21)15-7-10-24-19(15)23;1-2-3;/h7,14,16-18H,4-6,8-12H2,1-3H3;1H3;/q;-1;+1/t14?,16?,17?,18?,20-,21?;;/m0../s1. The van der Waals surface area contributed by atoms with E-state index >= 15 is 0 Å². The van der Waals surface area contributed by atoms with Crippen molar-refractivity contribution in [3.8, 4) is 0 Å². The Bertz CT molecular complexity index is 691. The van der Waals surface area contributed by atoms with Crippen LogP contribution >= 0.6 is 0 Å². The Hall–Kier alpha value is -1.05. The number of rotatable bonds is 3.